The first-order valence-corrected chi connectivity index (χ1v) is 10.5. The summed E-state index contributed by atoms with van der Waals surface area (Å²) >= 11 is 0. The fourth-order valence-electron chi connectivity index (χ4n) is 3.22. The Bertz CT molecular complexity index is 905. The number of carbonyl (C=O) groups is 1. The predicted octanol–water partition coefficient (Wildman–Crippen LogP) is 3.43. The first kappa shape index (κ1) is 19.5. The van der Waals surface area contributed by atoms with Crippen LogP contribution in [0.2, 0.25) is 0 Å². The lowest BCUT2D eigenvalue weighted by Gasteiger charge is -2.30. The highest BCUT2D eigenvalue weighted by atomic mass is 32.2. The lowest BCUT2D eigenvalue weighted by atomic mass is 9.97. The van der Waals surface area contributed by atoms with Crippen molar-refractivity contribution in [1.82, 2.24) is 4.31 Å². The smallest absolute Gasteiger partial charge is 0.245 e. The molecule has 1 aliphatic rings. The molecule has 0 spiro atoms. The van der Waals surface area contributed by atoms with Gasteiger partial charge in [-0.15, -0.1) is 0 Å². The van der Waals surface area contributed by atoms with Gasteiger partial charge in [-0.2, -0.15) is 4.31 Å². The molecule has 0 radical (unpaired) electrons. The van der Waals surface area contributed by atoms with Crippen molar-refractivity contribution in [2.45, 2.75) is 31.1 Å². The molecule has 3 rings (SSSR count). The molecule has 0 atom stereocenters. The second-order valence-corrected chi connectivity index (χ2v) is 8.55. The van der Waals surface area contributed by atoms with Crippen molar-refractivity contribution in [3.63, 3.8) is 0 Å². The van der Waals surface area contributed by atoms with E-state index in [0.717, 1.165) is 18.2 Å². The van der Waals surface area contributed by atoms with Crippen LogP contribution in [0.15, 0.2) is 53.4 Å². The Morgan fingerprint density at radius 2 is 1.74 bits per heavy atom. The van der Waals surface area contributed by atoms with Crippen molar-refractivity contribution in [3.05, 3.63) is 59.9 Å². The SMILES string of the molecule is CCc1ccc(NC(=O)C2CCN(S(=O)(=O)c3ccccc3F)CC2)cc1. The Labute approximate surface area is 159 Å². The standard InChI is InChI=1S/C20H23FN2O3S/c1-2-15-7-9-17(10-8-15)22-20(24)16-11-13-23(14-12-16)27(25,26)19-6-4-3-5-18(19)21/h3-10,16H,2,11-14H2,1H3,(H,22,24). The van der Waals surface area contributed by atoms with Crippen LogP contribution < -0.4 is 5.32 Å². The molecular formula is C20H23FN2O3S. The summed E-state index contributed by atoms with van der Waals surface area (Å²) in [6.45, 7) is 2.46. The average molecular weight is 390 g/mol. The minimum Gasteiger partial charge on any atom is -0.326 e. The van der Waals surface area contributed by atoms with Gasteiger partial charge in [0.05, 0.1) is 0 Å². The van der Waals surface area contributed by atoms with E-state index in [4.69, 9.17) is 0 Å². The second kappa shape index (κ2) is 8.19. The number of aryl methyl sites for hydroxylation is 1. The fourth-order valence-corrected chi connectivity index (χ4v) is 4.75. The average Bonchev–Trinajstić information content (AvgIpc) is 2.69. The summed E-state index contributed by atoms with van der Waals surface area (Å²) in [5.74, 6) is -1.13. The molecule has 1 amide bonds. The molecule has 1 N–H and O–H groups in total. The summed E-state index contributed by atoms with van der Waals surface area (Å²) in [5.41, 5.74) is 1.93. The molecule has 0 bridgehead atoms. The van der Waals surface area contributed by atoms with Gasteiger partial charge in [-0.3, -0.25) is 4.79 Å². The van der Waals surface area contributed by atoms with Gasteiger partial charge in [0.15, 0.2) is 0 Å². The van der Waals surface area contributed by atoms with E-state index < -0.39 is 15.8 Å². The molecule has 2 aromatic rings. The number of rotatable bonds is 5. The van der Waals surface area contributed by atoms with Gasteiger partial charge >= 0.3 is 0 Å². The van der Waals surface area contributed by atoms with Crippen LogP contribution >= 0.6 is 0 Å². The maximum Gasteiger partial charge on any atom is 0.245 e. The maximum atomic E-state index is 13.9. The lowest BCUT2D eigenvalue weighted by Crippen LogP contribution is -2.41. The van der Waals surface area contributed by atoms with Crippen LogP contribution in [0.25, 0.3) is 0 Å². The highest BCUT2D eigenvalue weighted by Crippen LogP contribution is 2.26. The number of hydrogen-bond acceptors (Lipinski definition) is 3. The molecule has 0 unspecified atom stereocenters. The molecule has 1 aliphatic heterocycles. The van der Waals surface area contributed by atoms with Gasteiger partial charge < -0.3 is 5.32 Å². The molecular weight excluding hydrogens is 367 g/mol. The monoisotopic (exact) mass is 390 g/mol. The Morgan fingerprint density at radius 1 is 1.11 bits per heavy atom. The Morgan fingerprint density at radius 3 is 2.33 bits per heavy atom. The molecule has 0 aromatic heterocycles. The van der Waals surface area contributed by atoms with E-state index in [1.54, 1.807) is 0 Å². The van der Waals surface area contributed by atoms with Gasteiger partial charge in [-0.05, 0) is 49.1 Å². The number of sulfonamides is 1. The van der Waals surface area contributed by atoms with E-state index in [1.165, 1.54) is 28.1 Å². The lowest BCUT2D eigenvalue weighted by molar-refractivity contribution is -0.120. The third-order valence-electron chi connectivity index (χ3n) is 4.91. The molecule has 1 saturated heterocycles. The van der Waals surface area contributed by atoms with E-state index in [2.05, 4.69) is 12.2 Å². The van der Waals surface area contributed by atoms with Crippen molar-refractivity contribution in [1.29, 1.82) is 0 Å². The largest absolute Gasteiger partial charge is 0.326 e. The zero-order valence-electron chi connectivity index (χ0n) is 15.2. The predicted molar refractivity (Wildman–Crippen MR) is 102 cm³/mol. The van der Waals surface area contributed by atoms with Crippen LogP contribution in [0, 0.1) is 11.7 Å². The molecule has 1 fully saturated rings. The quantitative estimate of drug-likeness (QED) is 0.851. The third kappa shape index (κ3) is 4.36. The van der Waals surface area contributed by atoms with Crippen LogP contribution in [-0.2, 0) is 21.2 Å². The number of hydrogen-bond donors (Lipinski definition) is 1. The zero-order chi connectivity index (χ0) is 19.4. The molecule has 7 heteroatoms. The van der Waals surface area contributed by atoms with Gasteiger partial charge in [0.1, 0.15) is 10.7 Å². The van der Waals surface area contributed by atoms with Gasteiger partial charge in [-0.25, -0.2) is 12.8 Å². The molecule has 1 heterocycles. The molecule has 144 valence electrons. The Hall–Kier alpha value is -2.25. The first-order valence-electron chi connectivity index (χ1n) is 9.06. The molecule has 2 aromatic carbocycles. The second-order valence-electron chi connectivity index (χ2n) is 6.65. The molecule has 5 nitrogen and oxygen atoms in total. The van der Waals surface area contributed by atoms with Gasteiger partial charge in [0.2, 0.25) is 15.9 Å². The number of nitrogens with one attached hydrogen (secondary N) is 1. The Balaban J connectivity index is 1.61. The fraction of sp³-hybridized carbons (Fsp3) is 0.350. The number of nitrogens with zero attached hydrogens (tertiary/aromatic N) is 1. The van der Waals surface area contributed by atoms with E-state index in [-0.39, 0.29) is 29.8 Å². The molecule has 27 heavy (non-hydrogen) atoms. The van der Waals surface area contributed by atoms with Crippen LogP contribution in [0.4, 0.5) is 10.1 Å². The van der Waals surface area contributed by atoms with Gasteiger partial charge in [0.25, 0.3) is 0 Å². The van der Waals surface area contributed by atoms with Crippen LogP contribution in [0.3, 0.4) is 0 Å². The van der Waals surface area contributed by atoms with E-state index in [9.17, 15) is 17.6 Å². The van der Waals surface area contributed by atoms with E-state index in [1.807, 2.05) is 24.3 Å². The number of anilines is 1. The van der Waals surface area contributed by atoms with Crippen LogP contribution in [0.1, 0.15) is 25.3 Å². The minimum absolute atomic E-state index is 0.109. The molecule has 0 saturated carbocycles. The maximum absolute atomic E-state index is 13.9. The highest BCUT2D eigenvalue weighted by molar-refractivity contribution is 7.89. The topological polar surface area (TPSA) is 66.5 Å². The molecule has 0 aliphatic carbocycles. The van der Waals surface area contributed by atoms with E-state index >= 15 is 0 Å². The van der Waals surface area contributed by atoms with Crippen molar-refractivity contribution in [3.8, 4) is 0 Å². The number of carbonyl (C=O) groups excluding carboxylic acids is 1. The summed E-state index contributed by atoms with van der Waals surface area (Å²) in [6, 6.07) is 13.0. The number of amides is 1. The summed E-state index contributed by atoms with van der Waals surface area (Å²) in [6.07, 6.45) is 1.75. The summed E-state index contributed by atoms with van der Waals surface area (Å²) in [7, 11) is -3.88. The van der Waals surface area contributed by atoms with Gasteiger partial charge in [0, 0.05) is 24.7 Å². The number of piperidine rings is 1. The zero-order valence-corrected chi connectivity index (χ0v) is 16.0. The number of benzene rings is 2. The van der Waals surface area contributed by atoms with Crippen LogP contribution in [-0.4, -0.2) is 31.7 Å². The van der Waals surface area contributed by atoms with Gasteiger partial charge in [-0.1, -0.05) is 31.2 Å². The van der Waals surface area contributed by atoms with Crippen molar-refractivity contribution in [2.75, 3.05) is 18.4 Å². The van der Waals surface area contributed by atoms with Crippen molar-refractivity contribution in [2.24, 2.45) is 5.92 Å². The Kier molecular flexibility index (Phi) is 5.92. The third-order valence-corrected chi connectivity index (χ3v) is 6.84. The minimum atomic E-state index is -3.88. The van der Waals surface area contributed by atoms with Crippen molar-refractivity contribution < 1.29 is 17.6 Å². The highest BCUT2D eigenvalue weighted by Gasteiger charge is 2.33. The van der Waals surface area contributed by atoms with Crippen molar-refractivity contribution >= 4 is 21.6 Å². The van der Waals surface area contributed by atoms with E-state index in [0.29, 0.717) is 12.8 Å². The summed E-state index contributed by atoms with van der Waals surface area (Å²) < 4.78 is 40.4. The summed E-state index contributed by atoms with van der Waals surface area (Å²) in [4.78, 5) is 12.1. The normalized spacial score (nSPS) is 16.2. The first-order chi connectivity index (χ1) is 12.9. The van der Waals surface area contributed by atoms with Crippen LogP contribution in [0.5, 0.6) is 0 Å². The summed E-state index contributed by atoms with van der Waals surface area (Å²) in [5, 5.41) is 2.89. The number of halogens is 1.